The van der Waals surface area contributed by atoms with Crippen molar-refractivity contribution < 1.29 is 4.79 Å². The van der Waals surface area contributed by atoms with Crippen molar-refractivity contribution >= 4 is 39.7 Å². The Balaban J connectivity index is 1.71. The third-order valence-corrected chi connectivity index (χ3v) is 4.07. The highest BCUT2D eigenvalue weighted by Crippen LogP contribution is 2.18. The molecule has 0 aliphatic heterocycles. The zero-order valence-corrected chi connectivity index (χ0v) is 14.4. The number of rotatable bonds is 2. The Morgan fingerprint density at radius 2 is 1.67 bits per heavy atom. The van der Waals surface area contributed by atoms with Crippen LogP contribution in [0.4, 0.5) is 5.69 Å². The van der Waals surface area contributed by atoms with Crippen LogP contribution in [0.25, 0.3) is 10.8 Å². The van der Waals surface area contributed by atoms with E-state index in [0.29, 0.717) is 5.56 Å². The number of amides is 1. The summed E-state index contributed by atoms with van der Waals surface area (Å²) in [5, 5.41) is 8.36. The first-order valence-electron chi connectivity index (χ1n) is 7.71. The molecule has 0 fully saturated rings. The van der Waals surface area contributed by atoms with Crippen molar-refractivity contribution in [2.45, 2.75) is 13.8 Å². The Kier molecular flexibility index (Phi) is 4.58. The van der Waals surface area contributed by atoms with E-state index >= 15 is 0 Å². The Morgan fingerprint density at radius 1 is 0.917 bits per heavy atom. The number of nitrogens with one attached hydrogen (secondary N) is 2. The zero-order valence-electron chi connectivity index (χ0n) is 13.6. The van der Waals surface area contributed by atoms with Gasteiger partial charge in [0.05, 0.1) is 0 Å². The number of hydrogen-bond acceptors (Lipinski definition) is 2. The van der Waals surface area contributed by atoms with Crippen LogP contribution in [-0.2, 0) is 0 Å². The number of aryl methyl sites for hydroxylation is 2. The van der Waals surface area contributed by atoms with E-state index in [4.69, 9.17) is 12.2 Å². The summed E-state index contributed by atoms with van der Waals surface area (Å²) in [6.07, 6.45) is 0. The van der Waals surface area contributed by atoms with Crippen LogP contribution in [0.5, 0.6) is 0 Å². The number of fused-ring (bicyclic) bond motifs is 1. The summed E-state index contributed by atoms with van der Waals surface area (Å²) in [5.74, 6) is -0.203. The highest BCUT2D eigenvalue weighted by atomic mass is 32.1. The molecular formula is C20H18N2OS. The molecule has 3 nitrogen and oxygen atoms in total. The topological polar surface area (TPSA) is 41.1 Å². The van der Waals surface area contributed by atoms with Gasteiger partial charge in [-0.3, -0.25) is 10.1 Å². The average Bonchev–Trinajstić information content (AvgIpc) is 2.54. The van der Waals surface area contributed by atoms with E-state index in [1.54, 1.807) is 0 Å². The number of carbonyl (C=O) groups is 1. The summed E-state index contributed by atoms with van der Waals surface area (Å²) in [5.41, 5.74) is 3.53. The smallest absolute Gasteiger partial charge is 0.257 e. The van der Waals surface area contributed by atoms with Crippen LogP contribution >= 0.6 is 12.2 Å². The van der Waals surface area contributed by atoms with Crippen molar-refractivity contribution in [1.82, 2.24) is 5.32 Å². The van der Waals surface area contributed by atoms with Gasteiger partial charge in [0, 0.05) is 11.3 Å². The fourth-order valence-electron chi connectivity index (χ4n) is 2.67. The van der Waals surface area contributed by atoms with Gasteiger partial charge < -0.3 is 5.32 Å². The minimum absolute atomic E-state index is 0.203. The van der Waals surface area contributed by atoms with Crippen molar-refractivity contribution in [3.63, 3.8) is 0 Å². The van der Waals surface area contributed by atoms with E-state index in [1.165, 1.54) is 0 Å². The van der Waals surface area contributed by atoms with E-state index < -0.39 is 0 Å². The number of benzene rings is 3. The second kappa shape index (κ2) is 6.81. The normalized spacial score (nSPS) is 10.4. The van der Waals surface area contributed by atoms with Crippen molar-refractivity contribution in [3.05, 3.63) is 77.4 Å². The van der Waals surface area contributed by atoms with Crippen LogP contribution in [-0.4, -0.2) is 11.0 Å². The molecule has 3 rings (SSSR count). The third kappa shape index (κ3) is 3.60. The largest absolute Gasteiger partial charge is 0.332 e. The first kappa shape index (κ1) is 16.1. The van der Waals surface area contributed by atoms with Crippen LogP contribution in [0, 0.1) is 13.8 Å². The maximum absolute atomic E-state index is 12.4. The predicted octanol–water partition coefficient (Wildman–Crippen LogP) is 4.58. The monoisotopic (exact) mass is 334 g/mol. The van der Waals surface area contributed by atoms with Crippen LogP contribution in [0.1, 0.15) is 21.5 Å². The van der Waals surface area contributed by atoms with Gasteiger partial charge in [-0.1, -0.05) is 48.0 Å². The Morgan fingerprint density at radius 3 is 2.42 bits per heavy atom. The SMILES string of the molecule is Cc1ccc(C(=O)NC(=S)Nc2ccc3ccccc3c2)c(C)c1. The number of carbonyl (C=O) groups excluding carboxylic acids is 1. The molecule has 0 saturated carbocycles. The summed E-state index contributed by atoms with van der Waals surface area (Å²) in [7, 11) is 0. The van der Waals surface area contributed by atoms with Crippen molar-refractivity contribution in [2.24, 2.45) is 0 Å². The minimum Gasteiger partial charge on any atom is -0.332 e. The molecule has 0 saturated heterocycles. The van der Waals surface area contributed by atoms with Crippen LogP contribution in [0.15, 0.2) is 60.7 Å². The van der Waals surface area contributed by atoms with Gasteiger partial charge in [0.15, 0.2) is 5.11 Å². The van der Waals surface area contributed by atoms with Gasteiger partial charge in [-0.25, -0.2) is 0 Å². The standard InChI is InChI=1S/C20H18N2OS/c1-13-7-10-18(14(2)11-13)19(23)22-20(24)21-17-9-8-15-5-3-4-6-16(15)12-17/h3-12H,1-2H3,(H2,21,22,23,24). The summed E-state index contributed by atoms with van der Waals surface area (Å²) >= 11 is 5.26. The summed E-state index contributed by atoms with van der Waals surface area (Å²) in [6, 6.07) is 19.8. The molecule has 0 radical (unpaired) electrons. The van der Waals surface area contributed by atoms with Gasteiger partial charge in [-0.05, 0) is 60.6 Å². The molecular weight excluding hydrogens is 316 g/mol. The van der Waals surface area contributed by atoms with Gasteiger partial charge >= 0.3 is 0 Å². The molecule has 2 N–H and O–H groups in total. The molecule has 0 bridgehead atoms. The summed E-state index contributed by atoms with van der Waals surface area (Å²) in [6.45, 7) is 3.92. The first-order valence-corrected chi connectivity index (χ1v) is 8.12. The molecule has 0 spiro atoms. The van der Waals surface area contributed by atoms with Gasteiger partial charge in [-0.15, -0.1) is 0 Å². The number of anilines is 1. The first-order chi connectivity index (χ1) is 11.5. The molecule has 0 atom stereocenters. The number of hydrogen-bond donors (Lipinski definition) is 2. The molecule has 3 aromatic carbocycles. The molecule has 24 heavy (non-hydrogen) atoms. The second-order valence-electron chi connectivity index (χ2n) is 5.79. The van der Waals surface area contributed by atoms with Gasteiger partial charge in [0.2, 0.25) is 0 Å². The molecule has 0 unspecified atom stereocenters. The maximum atomic E-state index is 12.4. The minimum atomic E-state index is -0.203. The molecule has 0 aliphatic carbocycles. The molecule has 0 aromatic heterocycles. The van der Waals surface area contributed by atoms with E-state index in [2.05, 4.69) is 16.7 Å². The maximum Gasteiger partial charge on any atom is 0.257 e. The molecule has 0 aliphatic rings. The fraction of sp³-hybridized carbons (Fsp3) is 0.100. The van der Waals surface area contributed by atoms with E-state index in [9.17, 15) is 4.79 Å². The molecule has 3 aromatic rings. The molecule has 120 valence electrons. The van der Waals surface area contributed by atoms with Gasteiger partial charge in [0.1, 0.15) is 0 Å². The lowest BCUT2D eigenvalue weighted by atomic mass is 10.1. The lowest BCUT2D eigenvalue weighted by Crippen LogP contribution is -2.34. The fourth-order valence-corrected chi connectivity index (χ4v) is 2.88. The summed E-state index contributed by atoms with van der Waals surface area (Å²) in [4.78, 5) is 12.4. The van der Waals surface area contributed by atoms with Gasteiger partial charge in [0.25, 0.3) is 5.91 Å². The second-order valence-corrected chi connectivity index (χ2v) is 6.20. The Bertz CT molecular complexity index is 934. The molecule has 0 heterocycles. The quantitative estimate of drug-likeness (QED) is 0.674. The van der Waals surface area contributed by atoms with Crippen molar-refractivity contribution in [1.29, 1.82) is 0 Å². The lowest BCUT2D eigenvalue weighted by Gasteiger charge is -2.12. The zero-order chi connectivity index (χ0) is 17.1. The highest BCUT2D eigenvalue weighted by molar-refractivity contribution is 7.80. The summed E-state index contributed by atoms with van der Waals surface area (Å²) < 4.78 is 0. The third-order valence-electron chi connectivity index (χ3n) is 3.86. The van der Waals surface area contributed by atoms with Crippen LogP contribution in [0.2, 0.25) is 0 Å². The van der Waals surface area contributed by atoms with E-state index in [1.807, 2.05) is 68.4 Å². The van der Waals surface area contributed by atoms with Crippen LogP contribution < -0.4 is 10.6 Å². The van der Waals surface area contributed by atoms with Crippen LogP contribution in [0.3, 0.4) is 0 Å². The Labute approximate surface area is 146 Å². The van der Waals surface area contributed by atoms with E-state index in [0.717, 1.165) is 27.6 Å². The molecule has 4 heteroatoms. The highest BCUT2D eigenvalue weighted by Gasteiger charge is 2.10. The Hall–Kier alpha value is -2.72. The van der Waals surface area contributed by atoms with Crippen molar-refractivity contribution in [3.8, 4) is 0 Å². The van der Waals surface area contributed by atoms with Gasteiger partial charge in [-0.2, -0.15) is 0 Å². The average molecular weight is 334 g/mol. The predicted molar refractivity (Wildman–Crippen MR) is 104 cm³/mol. The molecule has 1 amide bonds. The lowest BCUT2D eigenvalue weighted by molar-refractivity contribution is 0.0977. The van der Waals surface area contributed by atoms with E-state index in [-0.39, 0.29) is 11.0 Å². The number of thiocarbonyl (C=S) groups is 1. The van der Waals surface area contributed by atoms with Crippen molar-refractivity contribution in [2.75, 3.05) is 5.32 Å².